The SMILES string of the molecule is Cc1cc(N2CCN(C)CC2)ccc1NC(=O)C(C)Oc1ccc(F)cc1. The molecule has 27 heavy (non-hydrogen) atoms. The Hall–Kier alpha value is -2.60. The molecule has 1 N–H and O–H groups in total. The number of nitrogens with zero attached hydrogens (tertiary/aromatic N) is 2. The Balaban J connectivity index is 1.61. The summed E-state index contributed by atoms with van der Waals surface area (Å²) in [4.78, 5) is 17.1. The van der Waals surface area contributed by atoms with Crippen molar-refractivity contribution in [1.29, 1.82) is 0 Å². The van der Waals surface area contributed by atoms with Crippen LogP contribution in [0.4, 0.5) is 15.8 Å². The maximum absolute atomic E-state index is 13.0. The molecule has 1 atom stereocenters. The van der Waals surface area contributed by atoms with E-state index in [0.29, 0.717) is 5.75 Å². The molecule has 1 amide bonds. The molecule has 6 heteroatoms. The third-order valence-corrected chi connectivity index (χ3v) is 4.83. The number of nitrogens with one attached hydrogen (secondary N) is 1. The Labute approximate surface area is 159 Å². The highest BCUT2D eigenvalue weighted by Gasteiger charge is 2.18. The molecule has 1 heterocycles. The molecule has 1 fully saturated rings. The van der Waals surface area contributed by atoms with Gasteiger partial charge in [0.2, 0.25) is 0 Å². The van der Waals surface area contributed by atoms with Gasteiger partial charge in [0.1, 0.15) is 11.6 Å². The first-order chi connectivity index (χ1) is 12.9. The number of aryl methyl sites for hydroxylation is 1. The van der Waals surface area contributed by atoms with Crippen LogP contribution >= 0.6 is 0 Å². The van der Waals surface area contributed by atoms with Crippen molar-refractivity contribution in [2.75, 3.05) is 43.4 Å². The molecular formula is C21H26FN3O2. The number of benzene rings is 2. The highest BCUT2D eigenvalue weighted by molar-refractivity contribution is 5.95. The van der Waals surface area contributed by atoms with Crippen molar-refractivity contribution in [1.82, 2.24) is 4.90 Å². The molecule has 0 radical (unpaired) electrons. The van der Waals surface area contributed by atoms with Crippen LogP contribution in [0.2, 0.25) is 0 Å². The lowest BCUT2D eigenvalue weighted by molar-refractivity contribution is -0.122. The van der Waals surface area contributed by atoms with Gasteiger partial charge in [-0.1, -0.05) is 0 Å². The fourth-order valence-corrected chi connectivity index (χ4v) is 3.05. The number of hydrogen-bond donors (Lipinski definition) is 1. The number of hydrogen-bond acceptors (Lipinski definition) is 4. The van der Waals surface area contributed by atoms with Crippen molar-refractivity contribution in [3.8, 4) is 5.75 Å². The fraction of sp³-hybridized carbons (Fsp3) is 0.381. The van der Waals surface area contributed by atoms with Gasteiger partial charge in [-0.2, -0.15) is 0 Å². The summed E-state index contributed by atoms with van der Waals surface area (Å²) in [7, 11) is 2.14. The molecule has 0 aliphatic carbocycles. The lowest BCUT2D eigenvalue weighted by Gasteiger charge is -2.34. The summed E-state index contributed by atoms with van der Waals surface area (Å²) in [5.74, 6) is -0.119. The number of piperazine rings is 1. The number of halogens is 1. The van der Waals surface area contributed by atoms with Gasteiger partial charge >= 0.3 is 0 Å². The summed E-state index contributed by atoms with van der Waals surface area (Å²) >= 11 is 0. The van der Waals surface area contributed by atoms with E-state index in [4.69, 9.17) is 4.74 Å². The van der Waals surface area contributed by atoms with E-state index in [9.17, 15) is 9.18 Å². The summed E-state index contributed by atoms with van der Waals surface area (Å²) in [6, 6.07) is 11.7. The van der Waals surface area contributed by atoms with Gasteiger partial charge in [-0.3, -0.25) is 4.79 Å². The van der Waals surface area contributed by atoms with E-state index in [0.717, 1.165) is 37.4 Å². The molecule has 1 aliphatic heterocycles. The minimum Gasteiger partial charge on any atom is -0.481 e. The number of amides is 1. The molecule has 0 spiro atoms. The van der Waals surface area contributed by atoms with Crippen molar-refractivity contribution in [2.24, 2.45) is 0 Å². The maximum atomic E-state index is 13.0. The van der Waals surface area contributed by atoms with E-state index >= 15 is 0 Å². The number of carbonyl (C=O) groups excluding carboxylic acids is 1. The monoisotopic (exact) mass is 371 g/mol. The van der Waals surface area contributed by atoms with Crippen molar-refractivity contribution >= 4 is 17.3 Å². The molecular weight excluding hydrogens is 345 g/mol. The molecule has 1 saturated heterocycles. The molecule has 1 aliphatic rings. The third-order valence-electron chi connectivity index (χ3n) is 4.83. The minimum atomic E-state index is -0.688. The Bertz CT molecular complexity index is 787. The molecule has 3 rings (SSSR count). The van der Waals surface area contributed by atoms with Crippen LogP contribution in [0.5, 0.6) is 5.75 Å². The summed E-state index contributed by atoms with van der Waals surface area (Å²) in [5, 5.41) is 2.91. The third kappa shape index (κ3) is 4.98. The predicted octanol–water partition coefficient (Wildman–Crippen LogP) is 3.29. The van der Waals surface area contributed by atoms with Crippen LogP contribution in [0.3, 0.4) is 0 Å². The van der Waals surface area contributed by atoms with Crippen molar-refractivity contribution in [3.63, 3.8) is 0 Å². The van der Waals surface area contributed by atoms with Gasteiger partial charge in [0.25, 0.3) is 5.91 Å². The van der Waals surface area contributed by atoms with Crippen molar-refractivity contribution < 1.29 is 13.9 Å². The van der Waals surface area contributed by atoms with Crippen LogP contribution in [0, 0.1) is 12.7 Å². The molecule has 0 aromatic heterocycles. The largest absolute Gasteiger partial charge is 0.481 e. The number of carbonyl (C=O) groups is 1. The summed E-state index contributed by atoms with van der Waals surface area (Å²) < 4.78 is 18.5. The number of rotatable bonds is 5. The van der Waals surface area contributed by atoms with Gasteiger partial charge in [-0.05, 0) is 68.9 Å². The zero-order chi connectivity index (χ0) is 19.4. The van der Waals surface area contributed by atoms with Gasteiger partial charge in [-0.15, -0.1) is 0 Å². The standard InChI is InChI=1S/C21H26FN3O2/c1-15-14-18(25-12-10-24(3)11-13-25)6-9-20(15)23-21(26)16(2)27-19-7-4-17(22)5-8-19/h4-9,14,16H,10-13H2,1-3H3,(H,23,26). The maximum Gasteiger partial charge on any atom is 0.265 e. The quantitative estimate of drug-likeness (QED) is 0.876. The summed E-state index contributed by atoms with van der Waals surface area (Å²) in [5.41, 5.74) is 2.95. The minimum absolute atomic E-state index is 0.241. The van der Waals surface area contributed by atoms with Crippen LogP contribution in [0.1, 0.15) is 12.5 Å². The van der Waals surface area contributed by atoms with E-state index in [2.05, 4.69) is 28.2 Å². The van der Waals surface area contributed by atoms with Crippen LogP contribution in [0.15, 0.2) is 42.5 Å². The van der Waals surface area contributed by atoms with Crippen LogP contribution in [-0.4, -0.2) is 50.1 Å². The second-order valence-corrected chi connectivity index (χ2v) is 6.99. The molecule has 2 aromatic rings. The zero-order valence-corrected chi connectivity index (χ0v) is 16.0. The van der Waals surface area contributed by atoms with Crippen molar-refractivity contribution in [2.45, 2.75) is 20.0 Å². The van der Waals surface area contributed by atoms with Gasteiger partial charge in [0.15, 0.2) is 6.10 Å². The summed E-state index contributed by atoms with van der Waals surface area (Å²) in [6.45, 7) is 7.77. The Kier molecular flexibility index (Phi) is 5.96. The zero-order valence-electron chi connectivity index (χ0n) is 16.0. The van der Waals surface area contributed by atoms with Gasteiger partial charge in [0, 0.05) is 37.6 Å². The lowest BCUT2D eigenvalue weighted by Crippen LogP contribution is -2.44. The average molecular weight is 371 g/mol. The highest BCUT2D eigenvalue weighted by atomic mass is 19.1. The molecule has 2 aromatic carbocycles. The Morgan fingerprint density at radius 1 is 1.11 bits per heavy atom. The van der Waals surface area contributed by atoms with Crippen LogP contribution in [-0.2, 0) is 4.79 Å². The second-order valence-electron chi connectivity index (χ2n) is 6.99. The van der Waals surface area contributed by atoms with Crippen LogP contribution in [0.25, 0.3) is 0 Å². The van der Waals surface area contributed by atoms with Crippen molar-refractivity contribution in [3.05, 3.63) is 53.8 Å². The van der Waals surface area contributed by atoms with Gasteiger partial charge < -0.3 is 19.9 Å². The smallest absolute Gasteiger partial charge is 0.265 e. The highest BCUT2D eigenvalue weighted by Crippen LogP contribution is 2.24. The van der Waals surface area contributed by atoms with E-state index in [1.54, 1.807) is 6.92 Å². The Morgan fingerprint density at radius 2 is 1.78 bits per heavy atom. The van der Waals surface area contributed by atoms with E-state index < -0.39 is 6.10 Å². The normalized spacial score (nSPS) is 16.1. The summed E-state index contributed by atoms with van der Waals surface area (Å²) in [6.07, 6.45) is -0.688. The average Bonchev–Trinajstić information content (AvgIpc) is 2.65. The van der Waals surface area contributed by atoms with E-state index in [-0.39, 0.29) is 11.7 Å². The molecule has 0 bridgehead atoms. The Morgan fingerprint density at radius 3 is 2.41 bits per heavy atom. The molecule has 0 saturated carbocycles. The van der Waals surface area contributed by atoms with E-state index in [1.807, 2.05) is 19.1 Å². The first kappa shape index (κ1) is 19.2. The molecule has 5 nitrogen and oxygen atoms in total. The topological polar surface area (TPSA) is 44.8 Å². The first-order valence-corrected chi connectivity index (χ1v) is 9.19. The number of likely N-dealkylation sites (N-methyl/N-ethyl adjacent to an activating group) is 1. The van der Waals surface area contributed by atoms with Crippen LogP contribution < -0.4 is 15.0 Å². The number of ether oxygens (including phenoxy) is 1. The number of anilines is 2. The fourth-order valence-electron chi connectivity index (χ4n) is 3.05. The van der Waals surface area contributed by atoms with Gasteiger partial charge in [-0.25, -0.2) is 4.39 Å². The molecule has 144 valence electrons. The second kappa shape index (κ2) is 8.39. The van der Waals surface area contributed by atoms with Gasteiger partial charge in [0.05, 0.1) is 0 Å². The van der Waals surface area contributed by atoms with E-state index in [1.165, 1.54) is 30.0 Å². The lowest BCUT2D eigenvalue weighted by atomic mass is 10.1. The predicted molar refractivity (Wildman–Crippen MR) is 106 cm³/mol. The molecule has 1 unspecified atom stereocenters. The first-order valence-electron chi connectivity index (χ1n) is 9.19.